The number of benzene rings is 2. The molecule has 0 saturated carbocycles. The van der Waals surface area contributed by atoms with Crippen LogP contribution in [-0.4, -0.2) is 29.3 Å². The van der Waals surface area contributed by atoms with Gasteiger partial charge in [-0.3, -0.25) is 9.59 Å². The molecule has 4 nitrogen and oxygen atoms in total. The van der Waals surface area contributed by atoms with Crippen molar-refractivity contribution >= 4 is 23.4 Å². The second kappa shape index (κ2) is 10.2. The normalized spacial score (nSPS) is 11.9. The van der Waals surface area contributed by atoms with Crippen molar-refractivity contribution in [1.29, 1.82) is 0 Å². The predicted molar refractivity (Wildman–Crippen MR) is 109 cm³/mol. The summed E-state index contributed by atoms with van der Waals surface area (Å²) in [5.41, 5.74) is 1.15. The Balaban J connectivity index is 2.21. The molecule has 150 valence electrons. The number of nitrogens with zero attached hydrogens (tertiary/aromatic N) is 1. The first-order valence-electron chi connectivity index (χ1n) is 9.33. The smallest absolute Gasteiger partial charge is 0.242 e. The van der Waals surface area contributed by atoms with Crippen LogP contribution in [0.1, 0.15) is 31.9 Å². The van der Waals surface area contributed by atoms with Crippen LogP contribution in [-0.2, 0) is 22.6 Å². The van der Waals surface area contributed by atoms with Gasteiger partial charge in [-0.2, -0.15) is 0 Å². The van der Waals surface area contributed by atoms with Gasteiger partial charge in [0.05, 0.1) is 6.42 Å². The molecular weight excluding hydrogens is 379 g/mol. The number of hydrogen-bond acceptors (Lipinski definition) is 2. The Morgan fingerprint density at radius 1 is 1.07 bits per heavy atom. The van der Waals surface area contributed by atoms with Gasteiger partial charge in [-0.15, -0.1) is 0 Å². The van der Waals surface area contributed by atoms with Gasteiger partial charge in [0.1, 0.15) is 11.9 Å². The number of carbonyl (C=O) groups excluding carboxylic acids is 2. The summed E-state index contributed by atoms with van der Waals surface area (Å²) >= 11 is 5.93. The summed E-state index contributed by atoms with van der Waals surface area (Å²) in [4.78, 5) is 27.0. The molecule has 0 saturated heterocycles. The van der Waals surface area contributed by atoms with E-state index in [0.717, 1.165) is 5.56 Å². The van der Waals surface area contributed by atoms with Crippen molar-refractivity contribution in [1.82, 2.24) is 10.2 Å². The van der Waals surface area contributed by atoms with E-state index in [0.29, 0.717) is 23.0 Å². The molecule has 1 N–H and O–H groups in total. The molecule has 0 fully saturated rings. The molecule has 6 heteroatoms. The van der Waals surface area contributed by atoms with Crippen molar-refractivity contribution in [3.8, 4) is 0 Å². The van der Waals surface area contributed by atoms with Crippen LogP contribution in [0.4, 0.5) is 4.39 Å². The van der Waals surface area contributed by atoms with Gasteiger partial charge >= 0.3 is 0 Å². The Kier molecular flexibility index (Phi) is 8.00. The summed E-state index contributed by atoms with van der Waals surface area (Å²) in [6, 6.07) is 12.6. The standard InChI is InChI=1S/C22H26ClFN2O2/c1-15(2)13-25-22(28)16(3)26(14-17-8-10-19(23)11-9-17)21(27)12-18-6-4-5-7-20(18)24/h4-11,15-16H,12-14H2,1-3H3,(H,25,28)/t16-/m0/s1. The quantitative estimate of drug-likeness (QED) is 0.716. The molecule has 0 radical (unpaired) electrons. The number of nitrogens with one attached hydrogen (secondary N) is 1. The summed E-state index contributed by atoms with van der Waals surface area (Å²) in [7, 11) is 0. The Morgan fingerprint density at radius 2 is 1.71 bits per heavy atom. The molecule has 1 atom stereocenters. The topological polar surface area (TPSA) is 49.4 Å². The number of amides is 2. The number of hydrogen-bond donors (Lipinski definition) is 1. The molecule has 0 heterocycles. The van der Waals surface area contributed by atoms with Gasteiger partial charge in [-0.25, -0.2) is 4.39 Å². The summed E-state index contributed by atoms with van der Waals surface area (Å²) in [6.45, 7) is 6.45. The monoisotopic (exact) mass is 404 g/mol. The van der Waals surface area contributed by atoms with Crippen LogP contribution in [0.2, 0.25) is 5.02 Å². The van der Waals surface area contributed by atoms with Crippen molar-refractivity contribution in [2.24, 2.45) is 5.92 Å². The van der Waals surface area contributed by atoms with Crippen LogP contribution in [0.3, 0.4) is 0 Å². The minimum Gasteiger partial charge on any atom is -0.354 e. The number of halogens is 2. The second-order valence-electron chi connectivity index (χ2n) is 7.23. The van der Waals surface area contributed by atoms with E-state index in [1.807, 2.05) is 26.0 Å². The highest BCUT2D eigenvalue weighted by Gasteiger charge is 2.26. The van der Waals surface area contributed by atoms with Crippen LogP contribution < -0.4 is 5.32 Å². The Labute approximate surface area is 170 Å². The molecule has 0 aliphatic rings. The van der Waals surface area contributed by atoms with Crippen molar-refractivity contribution in [3.05, 3.63) is 70.5 Å². The van der Waals surface area contributed by atoms with E-state index in [1.54, 1.807) is 37.3 Å². The molecule has 28 heavy (non-hydrogen) atoms. The molecule has 0 spiro atoms. The van der Waals surface area contributed by atoms with E-state index >= 15 is 0 Å². The van der Waals surface area contributed by atoms with Crippen molar-refractivity contribution in [3.63, 3.8) is 0 Å². The lowest BCUT2D eigenvalue weighted by Crippen LogP contribution is -2.48. The highest BCUT2D eigenvalue weighted by molar-refractivity contribution is 6.30. The Hall–Kier alpha value is -2.40. The van der Waals surface area contributed by atoms with E-state index in [1.165, 1.54) is 11.0 Å². The number of carbonyl (C=O) groups is 2. The van der Waals surface area contributed by atoms with E-state index in [4.69, 9.17) is 11.6 Å². The van der Waals surface area contributed by atoms with Gasteiger partial charge in [0.25, 0.3) is 0 Å². The number of rotatable bonds is 8. The molecule has 0 aliphatic heterocycles. The lowest BCUT2D eigenvalue weighted by atomic mass is 10.1. The molecule has 2 aromatic carbocycles. The SMILES string of the molecule is CC(C)CNC(=O)[C@H](C)N(Cc1ccc(Cl)cc1)C(=O)Cc1ccccc1F. The molecule has 0 aromatic heterocycles. The van der Waals surface area contributed by atoms with Gasteiger partial charge in [0.2, 0.25) is 11.8 Å². The molecule has 2 aromatic rings. The van der Waals surface area contributed by atoms with Crippen molar-refractivity contribution in [2.45, 2.75) is 39.8 Å². The average molecular weight is 405 g/mol. The minimum absolute atomic E-state index is 0.109. The first-order chi connectivity index (χ1) is 13.3. The molecule has 0 unspecified atom stereocenters. The van der Waals surface area contributed by atoms with Gasteiger partial charge in [0, 0.05) is 18.1 Å². The summed E-state index contributed by atoms with van der Waals surface area (Å²) < 4.78 is 14.0. The molecular formula is C22H26ClFN2O2. The second-order valence-corrected chi connectivity index (χ2v) is 7.67. The van der Waals surface area contributed by atoms with E-state index < -0.39 is 11.9 Å². The van der Waals surface area contributed by atoms with Crippen LogP contribution >= 0.6 is 11.6 Å². The third-order valence-electron chi connectivity index (χ3n) is 4.42. The van der Waals surface area contributed by atoms with E-state index in [2.05, 4.69) is 5.32 Å². The first kappa shape index (κ1) is 21.9. The fourth-order valence-corrected chi connectivity index (χ4v) is 2.85. The summed E-state index contributed by atoms with van der Waals surface area (Å²) in [6.07, 6.45) is -0.109. The maximum Gasteiger partial charge on any atom is 0.242 e. The van der Waals surface area contributed by atoms with Crippen LogP contribution in [0.25, 0.3) is 0 Å². The van der Waals surface area contributed by atoms with Gasteiger partial charge < -0.3 is 10.2 Å². The van der Waals surface area contributed by atoms with E-state index in [9.17, 15) is 14.0 Å². The zero-order valence-electron chi connectivity index (χ0n) is 16.4. The highest BCUT2D eigenvalue weighted by atomic mass is 35.5. The minimum atomic E-state index is -0.686. The highest BCUT2D eigenvalue weighted by Crippen LogP contribution is 2.16. The van der Waals surface area contributed by atoms with Gasteiger partial charge in [0.15, 0.2) is 0 Å². The zero-order chi connectivity index (χ0) is 20.7. The molecule has 2 rings (SSSR count). The fourth-order valence-electron chi connectivity index (χ4n) is 2.73. The fraction of sp³-hybridized carbons (Fsp3) is 0.364. The third kappa shape index (κ3) is 6.34. The molecule has 0 bridgehead atoms. The zero-order valence-corrected chi connectivity index (χ0v) is 17.2. The van der Waals surface area contributed by atoms with Gasteiger partial charge in [-0.1, -0.05) is 55.8 Å². The predicted octanol–water partition coefficient (Wildman–Crippen LogP) is 4.21. The van der Waals surface area contributed by atoms with Gasteiger partial charge in [-0.05, 0) is 42.2 Å². The van der Waals surface area contributed by atoms with Crippen LogP contribution in [0, 0.1) is 11.7 Å². The average Bonchev–Trinajstić information content (AvgIpc) is 2.66. The molecule has 0 aliphatic carbocycles. The summed E-state index contributed by atoms with van der Waals surface area (Å²) in [5.74, 6) is -0.675. The van der Waals surface area contributed by atoms with Crippen LogP contribution in [0.15, 0.2) is 48.5 Å². The van der Waals surface area contributed by atoms with E-state index in [-0.39, 0.29) is 24.8 Å². The van der Waals surface area contributed by atoms with Crippen LogP contribution in [0.5, 0.6) is 0 Å². The maximum absolute atomic E-state index is 14.0. The summed E-state index contributed by atoms with van der Waals surface area (Å²) in [5, 5.41) is 3.45. The molecule has 2 amide bonds. The maximum atomic E-state index is 14.0. The van der Waals surface area contributed by atoms with Crippen molar-refractivity contribution in [2.75, 3.05) is 6.54 Å². The first-order valence-corrected chi connectivity index (χ1v) is 9.70. The third-order valence-corrected chi connectivity index (χ3v) is 4.67. The lowest BCUT2D eigenvalue weighted by molar-refractivity contribution is -0.140. The Bertz CT molecular complexity index is 808. The van der Waals surface area contributed by atoms with Crippen molar-refractivity contribution < 1.29 is 14.0 Å². The Morgan fingerprint density at radius 3 is 2.32 bits per heavy atom. The lowest BCUT2D eigenvalue weighted by Gasteiger charge is -2.29. The largest absolute Gasteiger partial charge is 0.354 e.